The minimum atomic E-state index is -0.491. The summed E-state index contributed by atoms with van der Waals surface area (Å²) in [5.74, 6) is -0.498. The minimum absolute atomic E-state index is 0.200. The van der Waals surface area contributed by atoms with Crippen LogP contribution in [-0.2, 0) is 11.2 Å². The van der Waals surface area contributed by atoms with Gasteiger partial charge in [0, 0.05) is 10.2 Å². The van der Waals surface area contributed by atoms with Gasteiger partial charge < -0.3 is 5.32 Å². The van der Waals surface area contributed by atoms with Gasteiger partial charge >= 0.3 is 0 Å². The molecule has 0 fully saturated rings. The molecule has 0 heterocycles. The smallest absolute Gasteiger partial charge is 0.238 e. The fourth-order valence-corrected chi connectivity index (χ4v) is 2.68. The quantitative estimate of drug-likeness (QED) is 0.712. The van der Waals surface area contributed by atoms with Crippen molar-refractivity contribution in [3.8, 4) is 0 Å². The third kappa shape index (κ3) is 4.38. The van der Waals surface area contributed by atoms with E-state index in [0.717, 1.165) is 10.0 Å². The summed E-state index contributed by atoms with van der Waals surface area (Å²) in [5, 5.41) is 2.81. The van der Waals surface area contributed by atoms with E-state index in [4.69, 9.17) is 0 Å². The average molecular weight is 415 g/mol. The topological polar surface area (TPSA) is 29.1 Å². The van der Waals surface area contributed by atoms with Gasteiger partial charge in [0.15, 0.2) is 0 Å². The fraction of sp³-hybridized carbons (Fsp3) is 0.188. The second-order valence-corrected chi connectivity index (χ2v) is 6.68. The second kappa shape index (κ2) is 7.18. The minimum Gasteiger partial charge on any atom is -0.325 e. The molecule has 1 atom stereocenters. The van der Waals surface area contributed by atoms with Crippen LogP contribution in [0.3, 0.4) is 0 Å². The van der Waals surface area contributed by atoms with Crippen LogP contribution in [0.4, 0.5) is 10.1 Å². The summed E-state index contributed by atoms with van der Waals surface area (Å²) in [6.45, 7) is 1.97. The monoisotopic (exact) mass is 413 g/mol. The van der Waals surface area contributed by atoms with Crippen LogP contribution in [0.25, 0.3) is 0 Å². The Morgan fingerprint density at radius 3 is 2.67 bits per heavy atom. The maximum atomic E-state index is 13.6. The van der Waals surface area contributed by atoms with Gasteiger partial charge in [-0.15, -0.1) is 0 Å². The van der Waals surface area contributed by atoms with Crippen molar-refractivity contribution < 1.29 is 9.18 Å². The molecule has 0 aromatic heterocycles. The highest BCUT2D eigenvalue weighted by Crippen LogP contribution is 2.22. The molecule has 1 N–H and O–H groups in total. The van der Waals surface area contributed by atoms with Gasteiger partial charge in [-0.2, -0.15) is 0 Å². The van der Waals surface area contributed by atoms with Gasteiger partial charge in [0.1, 0.15) is 5.82 Å². The van der Waals surface area contributed by atoms with Crippen LogP contribution in [0.5, 0.6) is 0 Å². The van der Waals surface area contributed by atoms with Crippen molar-refractivity contribution in [2.45, 2.75) is 18.2 Å². The average Bonchev–Trinajstić information content (AvgIpc) is 2.45. The predicted octanol–water partition coefficient (Wildman–Crippen LogP) is 4.84. The Bertz CT molecular complexity index is 660. The number of alkyl halides is 1. The Morgan fingerprint density at radius 2 is 2.00 bits per heavy atom. The molecule has 21 heavy (non-hydrogen) atoms. The van der Waals surface area contributed by atoms with E-state index in [0.29, 0.717) is 17.7 Å². The predicted molar refractivity (Wildman–Crippen MR) is 90.3 cm³/mol. The van der Waals surface area contributed by atoms with Crippen LogP contribution in [-0.4, -0.2) is 10.7 Å². The number of nitrogens with one attached hydrogen (secondary N) is 1. The molecule has 2 aromatic carbocycles. The number of aryl methyl sites for hydroxylation is 1. The number of halogens is 3. The molecule has 2 aromatic rings. The van der Waals surface area contributed by atoms with Gasteiger partial charge in [-0.3, -0.25) is 4.79 Å². The van der Waals surface area contributed by atoms with Crippen molar-refractivity contribution >= 4 is 43.5 Å². The van der Waals surface area contributed by atoms with E-state index in [9.17, 15) is 9.18 Å². The third-order valence-corrected chi connectivity index (χ3v) is 4.67. The highest BCUT2D eigenvalue weighted by molar-refractivity contribution is 9.10. The highest BCUT2D eigenvalue weighted by atomic mass is 79.9. The number of carbonyl (C=O) groups is 1. The number of hydrogen-bond acceptors (Lipinski definition) is 1. The molecule has 1 amide bonds. The van der Waals surface area contributed by atoms with E-state index in [1.807, 2.05) is 25.1 Å². The lowest BCUT2D eigenvalue weighted by Gasteiger charge is -2.12. The lowest BCUT2D eigenvalue weighted by molar-refractivity contribution is -0.115. The first-order chi connectivity index (χ1) is 9.97. The summed E-state index contributed by atoms with van der Waals surface area (Å²) >= 11 is 6.74. The van der Waals surface area contributed by atoms with Crippen LogP contribution < -0.4 is 5.32 Å². The van der Waals surface area contributed by atoms with E-state index in [1.54, 1.807) is 18.2 Å². The number of amides is 1. The zero-order chi connectivity index (χ0) is 15.4. The lowest BCUT2D eigenvalue weighted by atomic mass is 10.1. The number of carbonyl (C=O) groups excluding carboxylic acids is 1. The number of rotatable bonds is 4. The van der Waals surface area contributed by atoms with Gasteiger partial charge in [0.05, 0.1) is 4.83 Å². The van der Waals surface area contributed by atoms with Gasteiger partial charge in [0.2, 0.25) is 5.91 Å². The molecule has 0 radical (unpaired) electrons. The Labute approximate surface area is 140 Å². The molecule has 110 valence electrons. The standard InChI is InChI=1S/C16H14Br2FNO/c1-10-6-7-12(9-13(10)17)20-16(21)14(18)8-11-4-2-3-5-15(11)19/h2-7,9,14H,8H2,1H3,(H,20,21). The van der Waals surface area contributed by atoms with E-state index in [1.165, 1.54) is 6.07 Å². The molecule has 2 nitrogen and oxygen atoms in total. The maximum Gasteiger partial charge on any atom is 0.238 e. The third-order valence-electron chi connectivity index (χ3n) is 3.08. The zero-order valence-corrected chi connectivity index (χ0v) is 14.5. The van der Waals surface area contributed by atoms with E-state index in [2.05, 4.69) is 37.2 Å². The van der Waals surface area contributed by atoms with Crippen molar-refractivity contribution in [3.05, 3.63) is 63.9 Å². The molecule has 0 bridgehead atoms. The SMILES string of the molecule is Cc1ccc(NC(=O)C(Br)Cc2ccccc2F)cc1Br. The molecule has 0 spiro atoms. The number of anilines is 1. The largest absolute Gasteiger partial charge is 0.325 e. The molecule has 1 unspecified atom stereocenters. The van der Waals surface area contributed by atoms with Crippen LogP contribution in [0.2, 0.25) is 0 Å². The molecular formula is C16H14Br2FNO. The molecule has 0 saturated carbocycles. The van der Waals surface area contributed by atoms with Crippen LogP contribution in [0.15, 0.2) is 46.9 Å². The Hall–Kier alpha value is -1.20. The molecular weight excluding hydrogens is 401 g/mol. The summed E-state index contributed by atoms with van der Waals surface area (Å²) in [6, 6.07) is 12.1. The Balaban J connectivity index is 2.02. The molecule has 0 aliphatic rings. The van der Waals surface area contributed by atoms with Crippen molar-refractivity contribution in [3.63, 3.8) is 0 Å². The molecule has 5 heteroatoms. The Morgan fingerprint density at radius 1 is 1.29 bits per heavy atom. The lowest BCUT2D eigenvalue weighted by Crippen LogP contribution is -2.25. The van der Waals surface area contributed by atoms with Crippen molar-refractivity contribution in [1.82, 2.24) is 0 Å². The van der Waals surface area contributed by atoms with Gasteiger partial charge in [-0.25, -0.2) is 4.39 Å². The summed E-state index contributed by atoms with van der Waals surface area (Å²) in [4.78, 5) is 11.6. The van der Waals surface area contributed by atoms with E-state index < -0.39 is 4.83 Å². The first kappa shape index (κ1) is 16.2. The van der Waals surface area contributed by atoms with Crippen molar-refractivity contribution in [2.24, 2.45) is 0 Å². The second-order valence-electron chi connectivity index (χ2n) is 4.72. The zero-order valence-electron chi connectivity index (χ0n) is 11.4. The van der Waals surface area contributed by atoms with Gasteiger partial charge in [0.25, 0.3) is 0 Å². The molecule has 0 saturated heterocycles. The summed E-state index contributed by atoms with van der Waals surface area (Å²) in [7, 11) is 0. The first-order valence-electron chi connectivity index (χ1n) is 6.42. The summed E-state index contributed by atoms with van der Waals surface area (Å²) in [6.07, 6.45) is 0.297. The van der Waals surface area contributed by atoms with E-state index in [-0.39, 0.29) is 11.7 Å². The maximum absolute atomic E-state index is 13.6. The molecule has 0 aliphatic carbocycles. The highest BCUT2D eigenvalue weighted by Gasteiger charge is 2.17. The van der Waals surface area contributed by atoms with Gasteiger partial charge in [-0.1, -0.05) is 56.1 Å². The van der Waals surface area contributed by atoms with Crippen molar-refractivity contribution in [2.75, 3.05) is 5.32 Å². The normalized spacial score (nSPS) is 12.0. The van der Waals surface area contributed by atoms with Crippen molar-refractivity contribution in [1.29, 1.82) is 0 Å². The first-order valence-corrected chi connectivity index (χ1v) is 8.12. The number of benzene rings is 2. The Kier molecular flexibility index (Phi) is 5.53. The van der Waals surface area contributed by atoms with Crippen LogP contribution >= 0.6 is 31.9 Å². The molecule has 0 aliphatic heterocycles. The summed E-state index contributed by atoms with van der Waals surface area (Å²) in [5.41, 5.74) is 2.31. The van der Waals surface area contributed by atoms with E-state index >= 15 is 0 Å². The van der Waals surface area contributed by atoms with Crippen LogP contribution in [0.1, 0.15) is 11.1 Å². The molecule has 2 rings (SSSR count). The summed E-state index contributed by atoms with van der Waals surface area (Å²) < 4.78 is 14.5. The fourth-order valence-electron chi connectivity index (χ4n) is 1.84. The number of hydrogen-bond donors (Lipinski definition) is 1. The van der Waals surface area contributed by atoms with Crippen LogP contribution in [0, 0.1) is 12.7 Å². The van der Waals surface area contributed by atoms with Gasteiger partial charge in [-0.05, 0) is 42.7 Å².